The van der Waals surface area contributed by atoms with Crippen molar-refractivity contribution in [3.63, 3.8) is 0 Å². The molecule has 0 bridgehead atoms. The maximum atomic E-state index is 13.5. The highest BCUT2D eigenvalue weighted by Gasteiger charge is 2.24. The van der Waals surface area contributed by atoms with Gasteiger partial charge in [0.25, 0.3) is 11.5 Å². The standard InChI is InChI=1S/C24H26FN5O5/c1-29(2)24(34)35-20(7-3-4-8-21(26)31)22(32)28-19-6-5-11-30(23(19)33)14-17-13-15-12-16(25)9-10-18(15)27-17/h4-6,8-13,20,27H,3,7,14H2,1-2H3,(H2,26,31)(H,28,32). The third-order valence-corrected chi connectivity index (χ3v) is 5.04. The summed E-state index contributed by atoms with van der Waals surface area (Å²) in [5.74, 6) is -1.69. The van der Waals surface area contributed by atoms with E-state index in [1.165, 1.54) is 47.8 Å². The number of hydrogen-bond acceptors (Lipinski definition) is 5. The van der Waals surface area contributed by atoms with Crippen molar-refractivity contribution in [1.82, 2.24) is 14.5 Å². The van der Waals surface area contributed by atoms with Crippen LogP contribution in [-0.2, 0) is 20.9 Å². The van der Waals surface area contributed by atoms with Gasteiger partial charge in [-0.2, -0.15) is 0 Å². The molecule has 3 aromatic rings. The number of hydrogen-bond donors (Lipinski definition) is 3. The number of fused-ring (bicyclic) bond motifs is 1. The average molecular weight is 484 g/mol. The SMILES string of the molecule is CN(C)C(=O)OC(CCC=CC(N)=O)C(=O)Nc1cccn(Cc2cc3cc(F)ccc3[nH]2)c1=O. The van der Waals surface area contributed by atoms with Crippen molar-refractivity contribution in [3.05, 3.63) is 76.6 Å². The number of halogens is 1. The molecular formula is C24H26FN5O5. The van der Waals surface area contributed by atoms with Gasteiger partial charge in [-0.1, -0.05) is 6.08 Å². The molecule has 1 aromatic carbocycles. The van der Waals surface area contributed by atoms with Crippen LogP contribution in [0, 0.1) is 5.82 Å². The van der Waals surface area contributed by atoms with Gasteiger partial charge in [0, 0.05) is 36.9 Å². The third kappa shape index (κ3) is 6.79. The topological polar surface area (TPSA) is 140 Å². The maximum absolute atomic E-state index is 13.5. The van der Waals surface area contributed by atoms with Crippen molar-refractivity contribution < 1.29 is 23.5 Å². The molecule has 0 spiro atoms. The Morgan fingerprint density at radius 1 is 1.26 bits per heavy atom. The van der Waals surface area contributed by atoms with Crippen molar-refractivity contribution in [3.8, 4) is 0 Å². The first-order chi connectivity index (χ1) is 16.6. The molecule has 35 heavy (non-hydrogen) atoms. The van der Waals surface area contributed by atoms with Crippen molar-refractivity contribution in [1.29, 1.82) is 0 Å². The normalized spacial score (nSPS) is 12.0. The Morgan fingerprint density at radius 2 is 2.03 bits per heavy atom. The maximum Gasteiger partial charge on any atom is 0.410 e. The Hall–Kier alpha value is -4.41. The summed E-state index contributed by atoms with van der Waals surface area (Å²) in [7, 11) is 2.94. The van der Waals surface area contributed by atoms with Crippen molar-refractivity contribution in [2.24, 2.45) is 5.73 Å². The zero-order valence-corrected chi connectivity index (χ0v) is 19.3. The van der Waals surface area contributed by atoms with Crippen LogP contribution < -0.4 is 16.6 Å². The number of aromatic nitrogens is 2. The summed E-state index contributed by atoms with van der Waals surface area (Å²) < 4.78 is 20.1. The lowest BCUT2D eigenvalue weighted by atomic mass is 10.1. The lowest BCUT2D eigenvalue weighted by molar-refractivity contribution is -0.124. The second kappa shape index (κ2) is 11.1. The van der Waals surface area contributed by atoms with E-state index in [0.717, 1.165) is 11.6 Å². The number of nitrogens with one attached hydrogen (secondary N) is 2. The zero-order chi connectivity index (χ0) is 25.5. The van der Waals surface area contributed by atoms with Crippen LogP contribution >= 0.6 is 0 Å². The number of amides is 3. The highest BCUT2D eigenvalue weighted by molar-refractivity contribution is 5.95. The second-order valence-corrected chi connectivity index (χ2v) is 8.02. The van der Waals surface area contributed by atoms with Crippen LogP contribution in [0.4, 0.5) is 14.9 Å². The minimum absolute atomic E-state index is 0.00163. The van der Waals surface area contributed by atoms with Crippen LogP contribution in [0.25, 0.3) is 10.9 Å². The Labute approximate surface area is 200 Å². The molecule has 0 aliphatic rings. The van der Waals surface area contributed by atoms with Crippen LogP contribution in [0.5, 0.6) is 0 Å². The predicted molar refractivity (Wildman–Crippen MR) is 128 cm³/mol. The third-order valence-electron chi connectivity index (χ3n) is 5.04. The van der Waals surface area contributed by atoms with E-state index in [2.05, 4.69) is 10.3 Å². The van der Waals surface area contributed by atoms with E-state index in [4.69, 9.17) is 10.5 Å². The van der Waals surface area contributed by atoms with E-state index >= 15 is 0 Å². The highest BCUT2D eigenvalue weighted by atomic mass is 19.1. The summed E-state index contributed by atoms with van der Waals surface area (Å²) in [4.78, 5) is 53.0. The summed E-state index contributed by atoms with van der Waals surface area (Å²) in [6.45, 7) is 0.162. The number of nitrogens with two attached hydrogens (primary N) is 1. The van der Waals surface area contributed by atoms with E-state index in [0.29, 0.717) is 11.1 Å². The highest BCUT2D eigenvalue weighted by Crippen LogP contribution is 2.17. The minimum atomic E-state index is -1.21. The van der Waals surface area contributed by atoms with Crippen LogP contribution in [0.3, 0.4) is 0 Å². The van der Waals surface area contributed by atoms with Gasteiger partial charge in [-0.15, -0.1) is 0 Å². The van der Waals surface area contributed by atoms with Gasteiger partial charge in [0.1, 0.15) is 11.5 Å². The number of pyridine rings is 1. The van der Waals surface area contributed by atoms with E-state index in [1.54, 1.807) is 24.4 Å². The predicted octanol–water partition coefficient (Wildman–Crippen LogP) is 2.34. The number of carbonyl (C=O) groups is 3. The molecule has 1 unspecified atom stereocenters. The first-order valence-corrected chi connectivity index (χ1v) is 10.8. The van der Waals surface area contributed by atoms with Gasteiger partial charge in [-0.3, -0.25) is 14.4 Å². The van der Waals surface area contributed by atoms with Gasteiger partial charge in [0.15, 0.2) is 6.10 Å². The Morgan fingerprint density at radius 3 is 2.74 bits per heavy atom. The van der Waals surface area contributed by atoms with Crippen molar-refractivity contribution >= 4 is 34.5 Å². The molecule has 0 aliphatic carbocycles. The molecule has 0 aliphatic heterocycles. The number of anilines is 1. The lowest BCUT2D eigenvalue weighted by Crippen LogP contribution is -2.37. The van der Waals surface area contributed by atoms with Crippen molar-refractivity contribution in [2.45, 2.75) is 25.5 Å². The summed E-state index contributed by atoms with van der Waals surface area (Å²) in [5, 5.41) is 3.20. The summed E-state index contributed by atoms with van der Waals surface area (Å²) in [6, 6.07) is 9.12. The number of carbonyl (C=O) groups excluding carboxylic acids is 3. The summed E-state index contributed by atoms with van der Waals surface area (Å²) in [6.07, 6.45) is 2.54. The van der Waals surface area contributed by atoms with Gasteiger partial charge < -0.3 is 30.2 Å². The molecule has 3 amide bonds. The molecule has 2 aromatic heterocycles. The van der Waals surface area contributed by atoms with Crippen LogP contribution in [0.1, 0.15) is 18.5 Å². The molecule has 0 saturated carbocycles. The van der Waals surface area contributed by atoms with E-state index in [-0.39, 0.29) is 30.9 Å². The van der Waals surface area contributed by atoms with Gasteiger partial charge >= 0.3 is 6.09 Å². The quantitative estimate of drug-likeness (QED) is 0.401. The Balaban J connectivity index is 1.76. The molecule has 1 atom stereocenters. The molecule has 4 N–H and O–H groups in total. The number of rotatable bonds is 9. The van der Waals surface area contributed by atoms with Gasteiger partial charge in [-0.05, 0) is 55.3 Å². The molecule has 0 radical (unpaired) electrons. The Bertz CT molecular complexity index is 1330. The minimum Gasteiger partial charge on any atom is -0.436 e. The number of aromatic amines is 1. The van der Waals surface area contributed by atoms with E-state index in [9.17, 15) is 23.6 Å². The van der Waals surface area contributed by atoms with Crippen molar-refractivity contribution in [2.75, 3.05) is 19.4 Å². The summed E-state index contributed by atoms with van der Waals surface area (Å²) in [5.41, 5.74) is 5.98. The first kappa shape index (κ1) is 25.2. The molecule has 0 fully saturated rings. The fourth-order valence-electron chi connectivity index (χ4n) is 3.32. The zero-order valence-electron chi connectivity index (χ0n) is 19.3. The smallest absolute Gasteiger partial charge is 0.410 e. The molecule has 11 heteroatoms. The van der Waals surface area contributed by atoms with Gasteiger partial charge in [0.05, 0.1) is 6.54 Å². The van der Waals surface area contributed by atoms with E-state index in [1.807, 2.05) is 0 Å². The molecule has 3 rings (SSSR count). The first-order valence-electron chi connectivity index (χ1n) is 10.8. The van der Waals surface area contributed by atoms with E-state index < -0.39 is 29.6 Å². The molecule has 184 valence electrons. The van der Waals surface area contributed by atoms with Gasteiger partial charge in [-0.25, -0.2) is 9.18 Å². The van der Waals surface area contributed by atoms with Crippen LogP contribution in [0.15, 0.2) is 59.5 Å². The average Bonchev–Trinajstić information content (AvgIpc) is 3.19. The van der Waals surface area contributed by atoms with Crippen LogP contribution in [-0.4, -0.2) is 52.6 Å². The number of primary amides is 1. The second-order valence-electron chi connectivity index (χ2n) is 8.02. The monoisotopic (exact) mass is 483 g/mol. The lowest BCUT2D eigenvalue weighted by Gasteiger charge is -2.19. The van der Waals surface area contributed by atoms with Gasteiger partial charge in [0.2, 0.25) is 5.91 Å². The number of allylic oxidation sites excluding steroid dienone is 1. The summed E-state index contributed by atoms with van der Waals surface area (Å²) >= 11 is 0. The molecule has 0 saturated heterocycles. The number of benzene rings is 1. The fraction of sp³-hybridized carbons (Fsp3) is 0.250. The molecule has 10 nitrogen and oxygen atoms in total. The van der Waals surface area contributed by atoms with Crippen LogP contribution in [0.2, 0.25) is 0 Å². The number of ether oxygens (including phenoxy) is 1. The molecular weight excluding hydrogens is 457 g/mol. The Kier molecular flexibility index (Phi) is 8.03. The molecule has 2 heterocycles. The fourth-order valence-corrected chi connectivity index (χ4v) is 3.32. The number of H-pyrrole nitrogens is 1. The number of nitrogens with zero attached hydrogens (tertiary/aromatic N) is 2. The largest absolute Gasteiger partial charge is 0.436 e.